The molecule has 2 aromatic carbocycles. The van der Waals surface area contributed by atoms with Crippen LogP contribution in [0.3, 0.4) is 0 Å². The fraction of sp³-hybridized carbons (Fsp3) is 0.222. The van der Waals surface area contributed by atoms with Gasteiger partial charge in [-0.15, -0.1) is 6.58 Å². The summed E-state index contributed by atoms with van der Waals surface area (Å²) >= 11 is 0. The first-order chi connectivity index (χ1) is 13.3. The molecule has 0 bridgehead atoms. The molecule has 0 aliphatic rings. The monoisotopic (exact) mass is 406 g/mol. The molecule has 2 aromatic rings. The number of benzene rings is 2. The Morgan fingerprint density at radius 3 is 1.64 bits per heavy atom. The number of rotatable bonds is 11. The zero-order valence-corrected chi connectivity index (χ0v) is 15.8. The van der Waals surface area contributed by atoms with Crippen molar-refractivity contribution in [1.29, 1.82) is 0 Å². The molecule has 0 saturated heterocycles. The van der Waals surface area contributed by atoms with E-state index in [1.807, 2.05) is 0 Å². The standard InChI is InChI=1S/C18H19N2O7P/c1-2-3-4-5-14-28(25,26-17-10-6-15(7-11-17)19(21)22)27-18-12-8-16(9-13-18)20(23)24/h2,6-13H,1,3-5,14H2. The summed E-state index contributed by atoms with van der Waals surface area (Å²) in [7, 11) is -3.66. The summed E-state index contributed by atoms with van der Waals surface area (Å²) in [5.74, 6) is 0.333. The molecule has 0 N–H and O–H groups in total. The molecule has 0 saturated carbocycles. The van der Waals surface area contributed by atoms with Crippen molar-refractivity contribution in [2.75, 3.05) is 6.16 Å². The molecule has 0 aliphatic heterocycles. The minimum absolute atomic E-state index is 0.106. The van der Waals surface area contributed by atoms with E-state index in [0.717, 1.165) is 12.8 Å². The molecule has 0 atom stereocenters. The van der Waals surface area contributed by atoms with Crippen molar-refractivity contribution >= 4 is 19.0 Å². The fourth-order valence-corrected chi connectivity index (χ4v) is 4.00. The van der Waals surface area contributed by atoms with Gasteiger partial charge in [0, 0.05) is 24.3 Å². The summed E-state index contributed by atoms with van der Waals surface area (Å²) in [5.41, 5.74) is -0.242. The Morgan fingerprint density at radius 2 is 1.29 bits per heavy atom. The average molecular weight is 406 g/mol. The second-order valence-electron chi connectivity index (χ2n) is 5.80. The van der Waals surface area contributed by atoms with Crippen LogP contribution in [0, 0.1) is 20.2 Å². The summed E-state index contributed by atoms with van der Waals surface area (Å²) in [6.07, 6.45) is 3.88. The van der Waals surface area contributed by atoms with Gasteiger partial charge in [0.1, 0.15) is 11.5 Å². The van der Waals surface area contributed by atoms with E-state index < -0.39 is 17.4 Å². The first-order valence-corrected chi connectivity index (χ1v) is 10.1. The van der Waals surface area contributed by atoms with Gasteiger partial charge in [-0.2, -0.15) is 0 Å². The van der Waals surface area contributed by atoms with E-state index in [4.69, 9.17) is 9.05 Å². The maximum atomic E-state index is 13.2. The molecule has 9 nitrogen and oxygen atoms in total. The van der Waals surface area contributed by atoms with Gasteiger partial charge < -0.3 is 9.05 Å². The lowest BCUT2D eigenvalue weighted by atomic mass is 10.2. The molecule has 0 fully saturated rings. The smallest absolute Gasteiger partial charge is 0.416 e. The Hall–Kier alpha value is -3.19. The van der Waals surface area contributed by atoms with E-state index in [1.165, 1.54) is 48.5 Å². The summed E-state index contributed by atoms with van der Waals surface area (Å²) < 4.78 is 24.3. The lowest BCUT2D eigenvalue weighted by molar-refractivity contribution is -0.385. The summed E-state index contributed by atoms with van der Waals surface area (Å²) in [6, 6.07) is 10.3. The van der Waals surface area contributed by atoms with Gasteiger partial charge in [-0.25, -0.2) is 4.57 Å². The van der Waals surface area contributed by atoms with Crippen LogP contribution < -0.4 is 9.05 Å². The van der Waals surface area contributed by atoms with Crippen LogP contribution in [0.5, 0.6) is 11.5 Å². The van der Waals surface area contributed by atoms with Crippen LogP contribution in [-0.4, -0.2) is 16.0 Å². The molecular formula is C18H19N2O7P. The summed E-state index contributed by atoms with van der Waals surface area (Å²) in [6.45, 7) is 3.63. The van der Waals surface area contributed by atoms with Crippen LogP contribution in [-0.2, 0) is 4.57 Å². The molecule has 0 aromatic heterocycles. The van der Waals surface area contributed by atoms with E-state index in [-0.39, 0.29) is 29.0 Å². The third kappa shape index (κ3) is 6.21. The third-order valence-electron chi connectivity index (χ3n) is 3.67. The van der Waals surface area contributed by atoms with E-state index in [9.17, 15) is 24.8 Å². The molecular weight excluding hydrogens is 387 g/mol. The van der Waals surface area contributed by atoms with Crippen LogP contribution in [0.2, 0.25) is 0 Å². The topological polar surface area (TPSA) is 122 Å². The number of hydrogen-bond donors (Lipinski definition) is 0. The molecule has 2 rings (SSSR count). The molecule has 0 radical (unpaired) electrons. The van der Waals surface area contributed by atoms with Crippen molar-refractivity contribution in [2.45, 2.75) is 19.3 Å². The van der Waals surface area contributed by atoms with Crippen molar-refractivity contribution in [1.82, 2.24) is 0 Å². The highest BCUT2D eigenvalue weighted by Crippen LogP contribution is 2.49. The molecule has 148 valence electrons. The van der Waals surface area contributed by atoms with E-state index >= 15 is 0 Å². The summed E-state index contributed by atoms with van der Waals surface area (Å²) in [4.78, 5) is 20.4. The minimum Gasteiger partial charge on any atom is -0.416 e. The van der Waals surface area contributed by atoms with E-state index in [1.54, 1.807) is 6.08 Å². The van der Waals surface area contributed by atoms with Crippen molar-refractivity contribution < 1.29 is 23.5 Å². The SMILES string of the molecule is C=CCCCCP(=O)(Oc1ccc([N+](=O)[O-])cc1)Oc1ccc([N+](=O)[O-])cc1. The highest BCUT2D eigenvalue weighted by Gasteiger charge is 2.28. The van der Waals surface area contributed by atoms with Crippen LogP contribution in [0.4, 0.5) is 11.4 Å². The molecule has 0 heterocycles. The number of unbranched alkanes of at least 4 members (excludes halogenated alkanes) is 2. The predicted octanol–water partition coefficient (Wildman–Crippen LogP) is 5.51. The molecule has 28 heavy (non-hydrogen) atoms. The predicted molar refractivity (Wildman–Crippen MR) is 104 cm³/mol. The maximum absolute atomic E-state index is 13.2. The number of non-ortho nitro benzene ring substituents is 2. The zero-order valence-electron chi connectivity index (χ0n) is 14.9. The Kier molecular flexibility index (Phi) is 7.28. The van der Waals surface area contributed by atoms with Crippen LogP contribution in [0.25, 0.3) is 0 Å². The zero-order chi connectivity index (χ0) is 20.6. The average Bonchev–Trinajstić information content (AvgIpc) is 2.66. The first-order valence-electron chi connectivity index (χ1n) is 8.41. The number of nitro groups is 2. The van der Waals surface area contributed by atoms with Crippen LogP contribution >= 0.6 is 7.60 Å². The number of nitro benzene ring substituents is 2. The molecule has 0 amide bonds. The Morgan fingerprint density at radius 1 is 0.857 bits per heavy atom. The normalized spacial score (nSPS) is 10.9. The second-order valence-corrected chi connectivity index (χ2v) is 7.84. The van der Waals surface area contributed by atoms with Gasteiger partial charge in [0.05, 0.1) is 16.0 Å². The lowest BCUT2D eigenvalue weighted by Gasteiger charge is -2.20. The molecule has 0 unspecified atom stereocenters. The largest absolute Gasteiger partial charge is 0.430 e. The lowest BCUT2D eigenvalue weighted by Crippen LogP contribution is -2.05. The fourth-order valence-electron chi connectivity index (χ4n) is 2.28. The minimum atomic E-state index is -3.66. The Balaban J connectivity index is 2.18. The third-order valence-corrected chi connectivity index (χ3v) is 5.52. The van der Waals surface area contributed by atoms with Crippen LogP contribution in [0.15, 0.2) is 61.2 Å². The van der Waals surface area contributed by atoms with Gasteiger partial charge in [-0.1, -0.05) is 6.08 Å². The molecule has 0 aliphatic carbocycles. The van der Waals surface area contributed by atoms with Gasteiger partial charge in [0.2, 0.25) is 0 Å². The Bertz CT molecular complexity index is 818. The quantitative estimate of drug-likeness (QED) is 0.158. The van der Waals surface area contributed by atoms with E-state index in [2.05, 4.69) is 6.58 Å². The summed E-state index contributed by atoms with van der Waals surface area (Å²) in [5, 5.41) is 21.5. The van der Waals surface area contributed by atoms with Gasteiger partial charge in [-0.05, 0) is 43.5 Å². The van der Waals surface area contributed by atoms with Gasteiger partial charge >= 0.3 is 7.60 Å². The van der Waals surface area contributed by atoms with Crippen LogP contribution in [0.1, 0.15) is 19.3 Å². The highest BCUT2D eigenvalue weighted by atomic mass is 31.2. The number of hydrogen-bond acceptors (Lipinski definition) is 7. The van der Waals surface area contributed by atoms with Crippen molar-refractivity contribution in [3.05, 3.63) is 81.4 Å². The van der Waals surface area contributed by atoms with Gasteiger partial charge in [0.15, 0.2) is 0 Å². The van der Waals surface area contributed by atoms with Crippen molar-refractivity contribution in [3.8, 4) is 11.5 Å². The maximum Gasteiger partial charge on any atom is 0.430 e. The first kappa shape index (κ1) is 21.1. The number of nitrogens with zero attached hydrogens (tertiary/aromatic N) is 2. The second kappa shape index (κ2) is 9.66. The van der Waals surface area contributed by atoms with Gasteiger partial charge in [0.25, 0.3) is 11.4 Å². The van der Waals surface area contributed by atoms with Crippen molar-refractivity contribution in [2.24, 2.45) is 0 Å². The highest BCUT2D eigenvalue weighted by molar-refractivity contribution is 7.54. The van der Waals surface area contributed by atoms with Crippen molar-refractivity contribution in [3.63, 3.8) is 0 Å². The number of allylic oxidation sites excluding steroid dienone is 1. The van der Waals surface area contributed by atoms with E-state index in [0.29, 0.717) is 6.42 Å². The Labute approximate surface area is 161 Å². The molecule has 10 heteroatoms. The van der Waals surface area contributed by atoms with Gasteiger partial charge in [-0.3, -0.25) is 20.2 Å². The molecule has 0 spiro atoms.